The normalized spacial score (nSPS) is 11.8. The summed E-state index contributed by atoms with van der Waals surface area (Å²) in [4.78, 5) is 2.36. The van der Waals surface area contributed by atoms with Crippen LogP contribution in [-0.2, 0) is 0 Å². The molecule has 0 radical (unpaired) electrons. The molecule has 1 heteroatoms. The van der Waals surface area contributed by atoms with Gasteiger partial charge in [0.25, 0.3) is 0 Å². The highest BCUT2D eigenvalue weighted by Crippen LogP contribution is 2.38. The number of aryl methyl sites for hydroxylation is 1. The Kier molecular flexibility index (Phi) is 7.33. The number of anilines is 3. The van der Waals surface area contributed by atoms with E-state index in [-0.39, 0.29) is 0 Å². The predicted molar refractivity (Wildman–Crippen MR) is 162 cm³/mol. The summed E-state index contributed by atoms with van der Waals surface area (Å²) < 4.78 is 0. The van der Waals surface area contributed by atoms with Gasteiger partial charge in [-0.25, -0.2) is 0 Å². The molecule has 0 amide bonds. The summed E-state index contributed by atoms with van der Waals surface area (Å²) in [6.45, 7) is 6.38. The van der Waals surface area contributed by atoms with E-state index in [2.05, 4.69) is 159 Å². The van der Waals surface area contributed by atoms with Crippen molar-refractivity contribution in [1.29, 1.82) is 0 Å². The number of rotatable bonds is 7. The zero-order chi connectivity index (χ0) is 25.6. The molecule has 0 N–H and O–H groups in total. The molecule has 0 bridgehead atoms. The van der Waals surface area contributed by atoms with Crippen LogP contribution in [0.5, 0.6) is 0 Å². The van der Waals surface area contributed by atoms with Crippen molar-refractivity contribution < 1.29 is 0 Å². The minimum absolute atomic E-state index is 0.999. The van der Waals surface area contributed by atoms with E-state index < -0.39 is 0 Å². The van der Waals surface area contributed by atoms with Gasteiger partial charge in [-0.1, -0.05) is 110 Å². The molecule has 0 heterocycles. The molecule has 0 aromatic heterocycles. The van der Waals surface area contributed by atoms with Crippen molar-refractivity contribution in [3.8, 4) is 11.1 Å². The zero-order valence-corrected chi connectivity index (χ0v) is 21.9. The molecule has 0 aliphatic heterocycles. The maximum Gasteiger partial charge on any atom is 0.0468 e. The molecule has 0 fully saturated rings. The van der Waals surface area contributed by atoms with Gasteiger partial charge in [-0.05, 0) is 89.7 Å². The van der Waals surface area contributed by atoms with Crippen LogP contribution in [0.2, 0.25) is 0 Å². The molecule has 1 nitrogen and oxygen atoms in total. The van der Waals surface area contributed by atoms with E-state index >= 15 is 0 Å². The van der Waals surface area contributed by atoms with Crippen molar-refractivity contribution >= 4 is 33.4 Å². The van der Waals surface area contributed by atoms with E-state index in [9.17, 15) is 0 Å². The molecule has 37 heavy (non-hydrogen) atoms. The van der Waals surface area contributed by atoms with Gasteiger partial charge < -0.3 is 4.90 Å². The Bertz CT molecular complexity index is 1550. The first kappa shape index (κ1) is 24.3. The van der Waals surface area contributed by atoms with Crippen molar-refractivity contribution in [2.24, 2.45) is 0 Å². The Morgan fingerprint density at radius 3 is 2.00 bits per heavy atom. The first-order chi connectivity index (χ1) is 18.2. The topological polar surface area (TPSA) is 3.24 Å². The number of hydrogen-bond acceptors (Lipinski definition) is 1. The maximum atomic E-state index is 2.36. The fraction of sp³-hybridized carbons (Fsp3) is 0.111. The third-order valence-corrected chi connectivity index (χ3v) is 6.71. The number of allylic oxidation sites excluding steroid dienone is 4. The summed E-state index contributed by atoms with van der Waals surface area (Å²) in [5.74, 6) is 0. The Labute approximate surface area is 221 Å². The molecule has 5 aromatic rings. The Morgan fingerprint density at radius 2 is 1.30 bits per heavy atom. The molecule has 5 aromatic carbocycles. The van der Waals surface area contributed by atoms with Gasteiger partial charge in [0.15, 0.2) is 0 Å². The second-order valence-electron chi connectivity index (χ2n) is 9.40. The van der Waals surface area contributed by atoms with Crippen LogP contribution in [-0.4, -0.2) is 0 Å². The van der Waals surface area contributed by atoms with Crippen molar-refractivity contribution in [1.82, 2.24) is 0 Å². The number of benzene rings is 5. The highest BCUT2D eigenvalue weighted by molar-refractivity contribution is 5.90. The van der Waals surface area contributed by atoms with Crippen molar-refractivity contribution in [3.63, 3.8) is 0 Å². The Hall–Kier alpha value is -4.36. The molecule has 0 atom stereocenters. The molecule has 0 saturated carbocycles. The summed E-state index contributed by atoms with van der Waals surface area (Å²) in [5.41, 5.74) is 9.62. The van der Waals surface area contributed by atoms with Crippen molar-refractivity contribution in [3.05, 3.63) is 145 Å². The van der Waals surface area contributed by atoms with E-state index in [1.807, 2.05) is 0 Å². The van der Waals surface area contributed by atoms with E-state index in [0.717, 1.165) is 23.5 Å². The third-order valence-electron chi connectivity index (χ3n) is 6.71. The van der Waals surface area contributed by atoms with Crippen LogP contribution < -0.4 is 4.90 Å². The first-order valence-electron chi connectivity index (χ1n) is 13.1. The highest BCUT2D eigenvalue weighted by Gasteiger charge is 2.14. The lowest BCUT2D eigenvalue weighted by atomic mass is 10.0. The Balaban J connectivity index is 1.62. The average Bonchev–Trinajstić information content (AvgIpc) is 2.94. The predicted octanol–water partition coefficient (Wildman–Crippen LogP) is 10.7. The molecule has 0 unspecified atom stereocenters. The lowest BCUT2D eigenvalue weighted by Crippen LogP contribution is -2.10. The Morgan fingerprint density at radius 1 is 0.649 bits per heavy atom. The van der Waals surface area contributed by atoms with Crippen molar-refractivity contribution in [2.45, 2.75) is 27.2 Å². The van der Waals surface area contributed by atoms with Crippen LogP contribution in [0.1, 0.15) is 31.4 Å². The van der Waals surface area contributed by atoms with Gasteiger partial charge in [-0.15, -0.1) is 0 Å². The highest BCUT2D eigenvalue weighted by atomic mass is 15.1. The van der Waals surface area contributed by atoms with Crippen molar-refractivity contribution in [2.75, 3.05) is 4.90 Å². The van der Waals surface area contributed by atoms with Crippen LogP contribution in [0.25, 0.3) is 27.5 Å². The SMILES string of the molecule is C/C=C\C(=C/CC)c1cccc(N(c2ccc(-c3ccc(C)cc3)cc2)c2ccc3ccccc3c2)c1. The molecule has 0 spiro atoms. The minimum Gasteiger partial charge on any atom is -0.310 e. The van der Waals surface area contributed by atoms with Gasteiger partial charge in [0.1, 0.15) is 0 Å². The minimum atomic E-state index is 0.999. The number of nitrogens with zero attached hydrogens (tertiary/aromatic N) is 1. The molecule has 0 aliphatic carbocycles. The maximum absolute atomic E-state index is 2.36. The van der Waals surface area contributed by atoms with Gasteiger partial charge in [0, 0.05) is 17.1 Å². The monoisotopic (exact) mass is 479 g/mol. The molecular weight excluding hydrogens is 446 g/mol. The van der Waals surface area contributed by atoms with E-state index in [0.29, 0.717) is 0 Å². The number of fused-ring (bicyclic) bond motifs is 1. The summed E-state index contributed by atoms with van der Waals surface area (Å²) in [7, 11) is 0. The lowest BCUT2D eigenvalue weighted by molar-refractivity contribution is 1.22. The van der Waals surface area contributed by atoms with Gasteiger partial charge in [0.2, 0.25) is 0 Å². The van der Waals surface area contributed by atoms with Gasteiger partial charge in [-0.2, -0.15) is 0 Å². The molecule has 0 aliphatic rings. The van der Waals surface area contributed by atoms with Crippen LogP contribution in [0.15, 0.2) is 133 Å². The standard InChI is InChI=1S/C36H33N/c1-4-9-28(10-5-2)33-13-8-14-35(25-33)37(36-24-21-29-11-6-7-12-32(29)26-36)34-22-19-31(20-23-34)30-17-15-27(3)16-18-30/h4,6-26H,5H2,1-3H3/b9-4-,28-10+. The van der Waals surface area contributed by atoms with E-state index in [1.165, 1.54) is 38.6 Å². The first-order valence-corrected chi connectivity index (χ1v) is 13.1. The summed E-state index contributed by atoms with van der Waals surface area (Å²) in [6, 6.07) is 41.7. The van der Waals surface area contributed by atoms with E-state index in [1.54, 1.807) is 0 Å². The molecule has 182 valence electrons. The van der Waals surface area contributed by atoms with Crippen LogP contribution in [0.3, 0.4) is 0 Å². The summed E-state index contributed by atoms with van der Waals surface area (Å²) in [5, 5.41) is 2.48. The zero-order valence-electron chi connectivity index (χ0n) is 21.9. The summed E-state index contributed by atoms with van der Waals surface area (Å²) >= 11 is 0. The van der Waals surface area contributed by atoms with Crippen LogP contribution >= 0.6 is 0 Å². The van der Waals surface area contributed by atoms with Crippen LogP contribution in [0, 0.1) is 6.92 Å². The fourth-order valence-corrected chi connectivity index (χ4v) is 4.82. The number of hydrogen-bond donors (Lipinski definition) is 0. The second kappa shape index (κ2) is 11.1. The third kappa shape index (κ3) is 5.42. The summed E-state index contributed by atoms with van der Waals surface area (Å²) in [6.07, 6.45) is 7.59. The second-order valence-corrected chi connectivity index (χ2v) is 9.40. The van der Waals surface area contributed by atoms with Gasteiger partial charge in [-0.3, -0.25) is 0 Å². The average molecular weight is 480 g/mol. The van der Waals surface area contributed by atoms with Crippen LogP contribution in [0.4, 0.5) is 17.1 Å². The smallest absolute Gasteiger partial charge is 0.0468 e. The largest absolute Gasteiger partial charge is 0.310 e. The molecule has 0 saturated heterocycles. The molecular formula is C36H33N. The van der Waals surface area contributed by atoms with E-state index in [4.69, 9.17) is 0 Å². The fourth-order valence-electron chi connectivity index (χ4n) is 4.82. The molecule has 5 rings (SSSR count). The van der Waals surface area contributed by atoms with Gasteiger partial charge in [0.05, 0.1) is 0 Å². The quantitative estimate of drug-likeness (QED) is 0.210. The lowest BCUT2D eigenvalue weighted by Gasteiger charge is -2.26. The van der Waals surface area contributed by atoms with Gasteiger partial charge >= 0.3 is 0 Å².